The highest BCUT2D eigenvalue weighted by atomic mass is 32.2. The number of aromatic nitrogens is 2. The molecule has 0 aromatic carbocycles. The van der Waals surface area contributed by atoms with E-state index in [1.165, 1.54) is 12.8 Å². The van der Waals surface area contributed by atoms with Crippen LogP contribution in [0.15, 0.2) is 9.64 Å². The van der Waals surface area contributed by atoms with Crippen molar-refractivity contribution in [2.24, 2.45) is 5.41 Å². The lowest BCUT2D eigenvalue weighted by molar-refractivity contribution is 0.428. The fraction of sp³-hybridized carbons (Fsp3) is 0.750. The maximum Gasteiger partial charge on any atom is 0.276 e. The zero-order valence-electron chi connectivity index (χ0n) is 7.49. The quantitative estimate of drug-likeness (QED) is 0.618. The minimum Gasteiger partial charge on any atom is -0.416 e. The summed E-state index contributed by atoms with van der Waals surface area (Å²) in [5.74, 6) is 2.66. The number of hydrogen-bond donors (Lipinski definition) is 1. The van der Waals surface area contributed by atoms with E-state index in [0.717, 1.165) is 11.5 Å². The van der Waals surface area contributed by atoms with Gasteiger partial charge in [0.05, 0.1) is 0 Å². The molecule has 0 bridgehead atoms. The monoisotopic (exact) mass is 216 g/mol. The Bertz CT molecular complexity index is 296. The van der Waals surface area contributed by atoms with E-state index in [4.69, 9.17) is 4.42 Å². The zero-order valence-corrected chi connectivity index (χ0v) is 9.20. The molecule has 1 heterocycles. The highest BCUT2D eigenvalue weighted by molar-refractivity contribution is 7.99. The summed E-state index contributed by atoms with van der Waals surface area (Å²) in [4.78, 5) is 0. The molecule has 3 nitrogen and oxygen atoms in total. The summed E-state index contributed by atoms with van der Waals surface area (Å²) in [6.45, 7) is 1.81. The molecule has 0 saturated heterocycles. The van der Waals surface area contributed by atoms with E-state index in [-0.39, 0.29) is 0 Å². The molecule has 0 N–H and O–H groups in total. The van der Waals surface area contributed by atoms with E-state index in [9.17, 15) is 0 Å². The van der Waals surface area contributed by atoms with Crippen molar-refractivity contribution >= 4 is 24.4 Å². The second kappa shape index (κ2) is 3.53. The molecule has 0 unspecified atom stereocenters. The molecular formula is C8H12N2OS2. The molecule has 13 heavy (non-hydrogen) atoms. The van der Waals surface area contributed by atoms with Crippen molar-refractivity contribution in [1.29, 1.82) is 0 Å². The van der Waals surface area contributed by atoms with Gasteiger partial charge in [0.2, 0.25) is 5.89 Å². The van der Waals surface area contributed by atoms with E-state index in [2.05, 4.69) is 22.8 Å². The van der Waals surface area contributed by atoms with Crippen LogP contribution in [0.3, 0.4) is 0 Å². The summed E-state index contributed by atoms with van der Waals surface area (Å²) in [6.07, 6.45) is 2.58. The summed E-state index contributed by atoms with van der Waals surface area (Å²) in [6, 6.07) is 0. The Balaban J connectivity index is 1.86. The molecule has 0 radical (unpaired) electrons. The fourth-order valence-electron chi connectivity index (χ4n) is 1.08. The maximum absolute atomic E-state index is 5.27. The van der Waals surface area contributed by atoms with Crippen LogP contribution >= 0.6 is 24.4 Å². The average Bonchev–Trinajstić information content (AvgIpc) is 2.81. The third-order valence-corrected chi connectivity index (χ3v) is 4.14. The fourth-order valence-corrected chi connectivity index (χ4v) is 2.75. The predicted molar refractivity (Wildman–Crippen MR) is 55.3 cm³/mol. The van der Waals surface area contributed by atoms with E-state index in [1.54, 1.807) is 11.8 Å². The van der Waals surface area contributed by atoms with Gasteiger partial charge in [0.15, 0.2) is 0 Å². The molecule has 1 aromatic rings. The molecule has 5 heteroatoms. The van der Waals surface area contributed by atoms with Crippen LogP contribution in [-0.2, 0) is 0 Å². The SMILES string of the molecule is Cc1nnc(SCC2(CS)CC2)o1. The first-order valence-corrected chi connectivity index (χ1v) is 5.90. The number of thiol groups is 1. The van der Waals surface area contributed by atoms with Crippen molar-refractivity contribution in [2.75, 3.05) is 11.5 Å². The van der Waals surface area contributed by atoms with Gasteiger partial charge in [-0.15, -0.1) is 10.2 Å². The molecule has 0 atom stereocenters. The van der Waals surface area contributed by atoms with Crippen LogP contribution in [0.2, 0.25) is 0 Å². The first-order valence-electron chi connectivity index (χ1n) is 4.28. The Morgan fingerprint density at radius 2 is 2.31 bits per heavy atom. The van der Waals surface area contributed by atoms with Crippen molar-refractivity contribution in [3.8, 4) is 0 Å². The number of hydrogen-bond acceptors (Lipinski definition) is 5. The maximum atomic E-state index is 5.27. The lowest BCUT2D eigenvalue weighted by atomic mass is 10.2. The molecule has 0 aliphatic heterocycles. The number of rotatable bonds is 4. The first-order chi connectivity index (χ1) is 6.24. The van der Waals surface area contributed by atoms with Crippen molar-refractivity contribution in [1.82, 2.24) is 10.2 Å². The molecule has 1 aromatic heterocycles. The largest absolute Gasteiger partial charge is 0.416 e. The average molecular weight is 216 g/mol. The first kappa shape index (κ1) is 9.40. The summed E-state index contributed by atoms with van der Waals surface area (Å²) in [5, 5.41) is 8.39. The number of thioether (sulfide) groups is 1. The summed E-state index contributed by atoms with van der Waals surface area (Å²) in [5.41, 5.74) is 0.455. The van der Waals surface area contributed by atoms with Crippen LogP contribution in [-0.4, -0.2) is 21.7 Å². The molecule has 1 aliphatic rings. The van der Waals surface area contributed by atoms with Gasteiger partial charge in [0.25, 0.3) is 5.22 Å². The Morgan fingerprint density at radius 3 is 2.77 bits per heavy atom. The van der Waals surface area contributed by atoms with Crippen molar-refractivity contribution in [3.63, 3.8) is 0 Å². The van der Waals surface area contributed by atoms with Crippen molar-refractivity contribution < 1.29 is 4.42 Å². The van der Waals surface area contributed by atoms with E-state index in [0.29, 0.717) is 16.5 Å². The van der Waals surface area contributed by atoms with Gasteiger partial charge >= 0.3 is 0 Å². The van der Waals surface area contributed by atoms with Crippen LogP contribution in [0.4, 0.5) is 0 Å². The topological polar surface area (TPSA) is 38.9 Å². The van der Waals surface area contributed by atoms with Crippen LogP contribution in [0.1, 0.15) is 18.7 Å². The molecule has 0 amide bonds. The van der Waals surface area contributed by atoms with Crippen molar-refractivity contribution in [2.45, 2.75) is 25.0 Å². The molecular weight excluding hydrogens is 204 g/mol. The van der Waals surface area contributed by atoms with Gasteiger partial charge in [-0.3, -0.25) is 0 Å². The van der Waals surface area contributed by atoms with Crippen LogP contribution in [0.25, 0.3) is 0 Å². The molecule has 1 fully saturated rings. The summed E-state index contributed by atoms with van der Waals surface area (Å²) >= 11 is 5.98. The van der Waals surface area contributed by atoms with Gasteiger partial charge in [0.1, 0.15) is 0 Å². The van der Waals surface area contributed by atoms with Gasteiger partial charge < -0.3 is 4.42 Å². The van der Waals surface area contributed by atoms with Gasteiger partial charge in [0, 0.05) is 12.7 Å². The minimum absolute atomic E-state index is 0.455. The third kappa shape index (κ3) is 2.20. The third-order valence-electron chi connectivity index (χ3n) is 2.30. The second-order valence-electron chi connectivity index (χ2n) is 3.53. The summed E-state index contributed by atoms with van der Waals surface area (Å²) < 4.78 is 5.27. The van der Waals surface area contributed by atoms with Crippen LogP contribution in [0.5, 0.6) is 0 Å². The smallest absolute Gasteiger partial charge is 0.276 e. The Hall–Kier alpha value is -0.160. The van der Waals surface area contributed by atoms with Gasteiger partial charge in [-0.2, -0.15) is 12.6 Å². The van der Waals surface area contributed by atoms with Crippen molar-refractivity contribution in [3.05, 3.63) is 5.89 Å². The number of aryl methyl sites for hydroxylation is 1. The predicted octanol–water partition coefficient (Wildman–Crippen LogP) is 2.18. The second-order valence-corrected chi connectivity index (χ2v) is 4.78. The standard InChI is InChI=1S/C8H12N2OS2/c1-6-9-10-7(11-6)13-5-8(4-12)2-3-8/h12H,2-5H2,1H3. The molecule has 0 spiro atoms. The molecule has 1 aliphatic carbocycles. The van der Waals surface area contributed by atoms with Crippen LogP contribution < -0.4 is 0 Å². The summed E-state index contributed by atoms with van der Waals surface area (Å²) in [7, 11) is 0. The molecule has 1 saturated carbocycles. The van der Waals surface area contributed by atoms with Crippen LogP contribution in [0, 0.1) is 12.3 Å². The normalized spacial score (nSPS) is 18.9. The number of nitrogens with zero attached hydrogens (tertiary/aromatic N) is 2. The lowest BCUT2D eigenvalue weighted by Crippen LogP contribution is -2.05. The molecule has 2 rings (SSSR count). The van der Waals surface area contributed by atoms with E-state index >= 15 is 0 Å². The van der Waals surface area contributed by atoms with Gasteiger partial charge in [-0.05, 0) is 24.0 Å². The Morgan fingerprint density at radius 1 is 1.54 bits per heavy atom. The molecule has 72 valence electrons. The van der Waals surface area contributed by atoms with E-state index in [1.807, 2.05) is 6.92 Å². The van der Waals surface area contributed by atoms with Gasteiger partial charge in [-0.1, -0.05) is 11.8 Å². The Labute approximate surface area is 87.1 Å². The lowest BCUT2D eigenvalue weighted by Gasteiger charge is -2.07. The highest BCUT2D eigenvalue weighted by Crippen LogP contribution is 2.49. The Kier molecular flexibility index (Phi) is 2.55. The minimum atomic E-state index is 0.455. The van der Waals surface area contributed by atoms with E-state index < -0.39 is 0 Å². The van der Waals surface area contributed by atoms with Gasteiger partial charge in [-0.25, -0.2) is 0 Å². The highest BCUT2D eigenvalue weighted by Gasteiger charge is 2.41. The zero-order chi connectivity index (χ0) is 9.31.